The van der Waals surface area contributed by atoms with E-state index >= 15 is 0 Å². The molecule has 0 aromatic heterocycles. The number of nitrogens with one attached hydrogen (secondary N) is 1. The van der Waals surface area contributed by atoms with Gasteiger partial charge in [-0.15, -0.1) is 0 Å². The monoisotopic (exact) mass is 395 g/mol. The summed E-state index contributed by atoms with van der Waals surface area (Å²) in [4.78, 5) is 39.5. The van der Waals surface area contributed by atoms with Gasteiger partial charge in [0.15, 0.2) is 0 Å². The molecule has 0 spiro atoms. The Kier molecular flexibility index (Phi) is 7.91. The first-order valence-corrected chi connectivity index (χ1v) is 9.48. The number of nitrogens with zero attached hydrogens (tertiary/aromatic N) is 2. The van der Waals surface area contributed by atoms with Crippen LogP contribution in [0.25, 0.3) is 0 Å². The minimum Gasteiger partial charge on any atom is -0.449 e. The molecule has 0 aliphatic carbocycles. The zero-order valence-electron chi connectivity index (χ0n) is 15.7. The standard InChI is InChI=1S/C19H26ClN3O4/c1-14(2)13-27-19(26)23-11-9-22(10-12-23)17(24)7-8-21-18(25)15-3-5-16(20)6-4-15/h3-6,14H,7-13H2,1-2H3,(H,21,25). The average Bonchev–Trinajstić information content (AvgIpc) is 2.66. The second kappa shape index (κ2) is 10.2. The van der Waals surface area contributed by atoms with Gasteiger partial charge in [0.05, 0.1) is 6.61 Å². The number of benzene rings is 1. The maximum Gasteiger partial charge on any atom is 0.409 e. The van der Waals surface area contributed by atoms with Crippen LogP contribution >= 0.6 is 11.6 Å². The second-order valence-electron chi connectivity index (χ2n) is 6.85. The van der Waals surface area contributed by atoms with Crippen LogP contribution in [-0.2, 0) is 9.53 Å². The van der Waals surface area contributed by atoms with Gasteiger partial charge in [-0.25, -0.2) is 4.79 Å². The largest absolute Gasteiger partial charge is 0.449 e. The third kappa shape index (κ3) is 6.75. The summed E-state index contributed by atoms with van der Waals surface area (Å²) in [5.41, 5.74) is 0.500. The summed E-state index contributed by atoms with van der Waals surface area (Å²) in [6.45, 7) is 6.48. The Morgan fingerprint density at radius 3 is 2.26 bits per heavy atom. The number of hydrogen-bond donors (Lipinski definition) is 1. The Bertz CT molecular complexity index is 655. The highest BCUT2D eigenvalue weighted by Gasteiger charge is 2.24. The van der Waals surface area contributed by atoms with Crippen LogP contribution in [0.15, 0.2) is 24.3 Å². The zero-order valence-corrected chi connectivity index (χ0v) is 16.5. The molecule has 148 valence electrons. The van der Waals surface area contributed by atoms with Crippen molar-refractivity contribution in [3.05, 3.63) is 34.9 Å². The first kappa shape index (κ1) is 21.0. The van der Waals surface area contributed by atoms with Gasteiger partial charge in [0.1, 0.15) is 0 Å². The molecule has 1 aliphatic heterocycles. The molecular weight excluding hydrogens is 370 g/mol. The van der Waals surface area contributed by atoms with Gasteiger partial charge in [0.2, 0.25) is 5.91 Å². The highest BCUT2D eigenvalue weighted by atomic mass is 35.5. The van der Waals surface area contributed by atoms with E-state index in [1.165, 1.54) is 0 Å². The maximum atomic E-state index is 12.3. The molecule has 0 atom stereocenters. The highest BCUT2D eigenvalue weighted by Crippen LogP contribution is 2.10. The van der Waals surface area contributed by atoms with Crippen LogP contribution in [0.3, 0.4) is 0 Å². The summed E-state index contributed by atoms with van der Waals surface area (Å²) in [6, 6.07) is 6.56. The van der Waals surface area contributed by atoms with Gasteiger partial charge in [-0.2, -0.15) is 0 Å². The van der Waals surface area contributed by atoms with Gasteiger partial charge in [-0.05, 0) is 30.2 Å². The van der Waals surface area contributed by atoms with Crippen molar-refractivity contribution in [1.29, 1.82) is 0 Å². The summed E-state index contributed by atoms with van der Waals surface area (Å²) < 4.78 is 5.21. The fraction of sp³-hybridized carbons (Fsp3) is 0.526. The van der Waals surface area contributed by atoms with Crippen LogP contribution in [0.2, 0.25) is 5.02 Å². The Morgan fingerprint density at radius 1 is 1.07 bits per heavy atom. The van der Waals surface area contributed by atoms with Crippen LogP contribution in [0.4, 0.5) is 4.79 Å². The van der Waals surface area contributed by atoms with Crippen molar-refractivity contribution in [2.75, 3.05) is 39.3 Å². The molecule has 1 N–H and O–H groups in total. The molecule has 8 heteroatoms. The minimum atomic E-state index is -0.328. The number of halogens is 1. The predicted octanol–water partition coefficient (Wildman–Crippen LogP) is 2.40. The van der Waals surface area contributed by atoms with E-state index in [0.717, 1.165) is 0 Å². The van der Waals surface area contributed by atoms with E-state index in [4.69, 9.17) is 16.3 Å². The lowest BCUT2D eigenvalue weighted by Crippen LogP contribution is -2.51. The Hall–Kier alpha value is -2.28. The van der Waals surface area contributed by atoms with Gasteiger partial charge < -0.3 is 19.9 Å². The van der Waals surface area contributed by atoms with E-state index in [0.29, 0.717) is 49.3 Å². The summed E-state index contributed by atoms with van der Waals surface area (Å²) in [7, 11) is 0. The first-order valence-electron chi connectivity index (χ1n) is 9.10. The lowest BCUT2D eigenvalue weighted by molar-refractivity contribution is -0.132. The molecule has 0 unspecified atom stereocenters. The lowest BCUT2D eigenvalue weighted by Gasteiger charge is -2.34. The topological polar surface area (TPSA) is 79.0 Å². The van der Waals surface area contributed by atoms with Crippen molar-refractivity contribution >= 4 is 29.5 Å². The summed E-state index contributed by atoms with van der Waals surface area (Å²) in [6.07, 6.45) is -0.108. The number of hydrogen-bond acceptors (Lipinski definition) is 4. The summed E-state index contributed by atoms with van der Waals surface area (Å²) in [5.74, 6) is 0.0127. The normalized spacial score (nSPS) is 14.2. The van der Waals surface area contributed by atoms with E-state index in [9.17, 15) is 14.4 Å². The second-order valence-corrected chi connectivity index (χ2v) is 7.29. The molecule has 7 nitrogen and oxygen atoms in total. The van der Waals surface area contributed by atoms with E-state index < -0.39 is 0 Å². The van der Waals surface area contributed by atoms with Gasteiger partial charge in [0, 0.05) is 49.7 Å². The van der Waals surface area contributed by atoms with Crippen molar-refractivity contribution in [3.8, 4) is 0 Å². The van der Waals surface area contributed by atoms with Crippen LogP contribution < -0.4 is 5.32 Å². The lowest BCUT2D eigenvalue weighted by atomic mass is 10.2. The number of piperazine rings is 1. The van der Waals surface area contributed by atoms with Crippen molar-refractivity contribution in [1.82, 2.24) is 15.1 Å². The van der Waals surface area contributed by atoms with Gasteiger partial charge >= 0.3 is 6.09 Å². The Labute approximate surface area is 164 Å². The molecule has 3 amide bonds. The molecule has 0 bridgehead atoms. The highest BCUT2D eigenvalue weighted by molar-refractivity contribution is 6.30. The van der Waals surface area contributed by atoms with E-state index in [1.54, 1.807) is 34.1 Å². The van der Waals surface area contributed by atoms with Crippen molar-refractivity contribution in [2.45, 2.75) is 20.3 Å². The Morgan fingerprint density at radius 2 is 1.67 bits per heavy atom. The molecule has 27 heavy (non-hydrogen) atoms. The third-order valence-corrected chi connectivity index (χ3v) is 4.41. The van der Waals surface area contributed by atoms with Crippen LogP contribution in [0.5, 0.6) is 0 Å². The van der Waals surface area contributed by atoms with E-state index in [1.807, 2.05) is 13.8 Å². The number of carbonyl (C=O) groups excluding carboxylic acids is 3. The quantitative estimate of drug-likeness (QED) is 0.802. The SMILES string of the molecule is CC(C)COC(=O)N1CCN(C(=O)CCNC(=O)c2ccc(Cl)cc2)CC1. The minimum absolute atomic E-state index is 0.0402. The maximum absolute atomic E-state index is 12.3. The molecule has 1 fully saturated rings. The van der Waals surface area contributed by atoms with Crippen LogP contribution in [0, 0.1) is 5.92 Å². The molecule has 0 saturated carbocycles. The molecule has 1 aromatic carbocycles. The van der Waals surface area contributed by atoms with Gasteiger partial charge in [-0.3, -0.25) is 9.59 Å². The smallest absolute Gasteiger partial charge is 0.409 e. The summed E-state index contributed by atoms with van der Waals surface area (Å²) in [5, 5.41) is 3.29. The fourth-order valence-electron chi connectivity index (χ4n) is 2.61. The molecular formula is C19H26ClN3O4. The van der Waals surface area contributed by atoms with Crippen molar-refractivity contribution < 1.29 is 19.1 Å². The first-order chi connectivity index (χ1) is 12.9. The predicted molar refractivity (Wildman–Crippen MR) is 103 cm³/mol. The third-order valence-electron chi connectivity index (χ3n) is 4.16. The van der Waals surface area contributed by atoms with E-state index in [-0.39, 0.29) is 30.9 Å². The average molecular weight is 396 g/mol. The van der Waals surface area contributed by atoms with Crippen LogP contribution in [-0.4, -0.2) is 67.0 Å². The number of rotatable bonds is 6. The van der Waals surface area contributed by atoms with Gasteiger partial charge in [0.25, 0.3) is 5.91 Å². The molecule has 1 saturated heterocycles. The molecule has 1 heterocycles. The Balaban J connectivity index is 1.68. The number of ether oxygens (including phenoxy) is 1. The van der Waals surface area contributed by atoms with E-state index in [2.05, 4.69) is 5.32 Å². The number of carbonyl (C=O) groups is 3. The summed E-state index contributed by atoms with van der Waals surface area (Å²) >= 11 is 5.80. The molecule has 1 aliphatic rings. The van der Waals surface area contributed by atoms with Gasteiger partial charge in [-0.1, -0.05) is 25.4 Å². The molecule has 0 radical (unpaired) electrons. The van der Waals surface area contributed by atoms with Crippen molar-refractivity contribution in [3.63, 3.8) is 0 Å². The molecule has 1 aromatic rings. The van der Waals surface area contributed by atoms with Crippen LogP contribution in [0.1, 0.15) is 30.6 Å². The van der Waals surface area contributed by atoms with Crippen molar-refractivity contribution in [2.24, 2.45) is 5.92 Å². The fourth-order valence-corrected chi connectivity index (χ4v) is 2.74. The molecule has 2 rings (SSSR count). The number of amides is 3. The zero-order chi connectivity index (χ0) is 19.8.